The van der Waals surface area contributed by atoms with Crippen LogP contribution in [0.25, 0.3) is 0 Å². The van der Waals surface area contributed by atoms with Crippen LogP contribution in [0.3, 0.4) is 0 Å². The van der Waals surface area contributed by atoms with Crippen molar-refractivity contribution in [3.63, 3.8) is 0 Å². The Bertz CT molecular complexity index is 295. The molecule has 0 aliphatic carbocycles. The number of hydrogen-bond acceptors (Lipinski definition) is 0. The Balaban J connectivity index is 2.63. The molecule has 0 aliphatic rings. The summed E-state index contributed by atoms with van der Waals surface area (Å²) in [5.41, 5.74) is 4.16. The van der Waals surface area contributed by atoms with Crippen LogP contribution in [0.15, 0.2) is 18.2 Å². The number of hydrogen-bond donors (Lipinski definition) is 0. The van der Waals surface area contributed by atoms with Crippen LogP contribution < -0.4 is 0 Å². The minimum atomic E-state index is 0.283. The minimum absolute atomic E-state index is 0.283. The zero-order chi connectivity index (χ0) is 11.4. The highest BCUT2D eigenvalue weighted by atomic mass is 35.5. The molecule has 0 aromatic heterocycles. The SMILES string of the molecule is Cc1cc(C)cc(CC(C)CC(C)Cl)c1. The minimum Gasteiger partial charge on any atom is -0.123 e. The predicted molar refractivity (Wildman–Crippen MR) is 68.7 cm³/mol. The highest BCUT2D eigenvalue weighted by molar-refractivity contribution is 6.20. The first-order valence-corrected chi connectivity index (χ1v) is 6.12. The van der Waals surface area contributed by atoms with E-state index < -0.39 is 0 Å². The van der Waals surface area contributed by atoms with E-state index in [1.807, 2.05) is 0 Å². The number of benzene rings is 1. The van der Waals surface area contributed by atoms with Gasteiger partial charge in [-0.3, -0.25) is 0 Å². The molecule has 0 heterocycles. The van der Waals surface area contributed by atoms with E-state index in [2.05, 4.69) is 45.9 Å². The normalized spacial score (nSPS) is 15.0. The average molecular weight is 225 g/mol. The number of halogens is 1. The summed E-state index contributed by atoms with van der Waals surface area (Å²) < 4.78 is 0. The highest BCUT2D eigenvalue weighted by Gasteiger charge is 2.07. The van der Waals surface area contributed by atoms with E-state index >= 15 is 0 Å². The van der Waals surface area contributed by atoms with Gasteiger partial charge in [0.05, 0.1) is 0 Å². The number of alkyl halides is 1. The van der Waals surface area contributed by atoms with Crippen LogP contribution in [0.5, 0.6) is 0 Å². The van der Waals surface area contributed by atoms with Gasteiger partial charge in [0.2, 0.25) is 0 Å². The fraction of sp³-hybridized carbons (Fsp3) is 0.571. The summed E-state index contributed by atoms with van der Waals surface area (Å²) in [6.45, 7) is 8.66. The molecule has 2 unspecified atom stereocenters. The molecule has 0 nitrogen and oxygen atoms in total. The predicted octanol–water partition coefficient (Wildman–Crippen LogP) is 4.50. The third-order valence-corrected chi connectivity index (χ3v) is 2.77. The van der Waals surface area contributed by atoms with Gasteiger partial charge in [-0.25, -0.2) is 0 Å². The summed E-state index contributed by atoms with van der Waals surface area (Å²) in [7, 11) is 0. The Labute approximate surface area is 98.7 Å². The Kier molecular flexibility index (Phi) is 4.66. The Hall–Kier alpha value is -0.490. The largest absolute Gasteiger partial charge is 0.123 e. The van der Waals surface area contributed by atoms with Crippen molar-refractivity contribution in [2.45, 2.75) is 45.9 Å². The van der Waals surface area contributed by atoms with Crippen LogP contribution in [0.1, 0.15) is 37.0 Å². The van der Waals surface area contributed by atoms with Gasteiger partial charge in [-0.2, -0.15) is 0 Å². The molecular formula is C14H21Cl. The van der Waals surface area contributed by atoms with Gasteiger partial charge < -0.3 is 0 Å². The lowest BCUT2D eigenvalue weighted by Crippen LogP contribution is -2.05. The van der Waals surface area contributed by atoms with Gasteiger partial charge in [0.15, 0.2) is 0 Å². The molecule has 84 valence electrons. The lowest BCUT2D eigenvalue weighted by atomic mass is 9.95. The fourth-order valence-electron chi connectivity index (χ4n) is 2.23. The zero-order valence-corrected chi connectivity index (χ0v) is 10.9. The molecule has 0 fully saturated rings. The third kappa shape index (κ3) is 4.70. The molecular weight excluding hydrogens is 204 g/mol. The van der Waals surface area contributed by atoms with Crippen LogP contribution in [0.4, 0.5) is 0 Å². The van der Waals surface area contributed by atoms with Gasteiger partial charge in [-0.15, -0.1) is 11.6 Å². The molecule has 0 radical (unpaired) electrons. The van der Waals surface area contributed by atoms with Crippen molar-refractivity contribution in [3.05, 3.63) is 34.9 Å². The van der Waals surface area contributed by atoms with Crippen LogP contribution >= 0.6 is 11.6 Å². The molecule has 1 aromatic rings. The van der Waals surface area contributed by atoms with Crippen LogP contribution in [-0.4, -0.2) is 5.38 Å². The lowest BCUT2D eigenvalue weighted by Gasteiger charge is -2.13. The molecule has 1 rings (SSSR count). The van der Waals surface area contributed by atoms with E-state index in [9.17, 15) is 0 Å². The second-order valence-electron chi connectivity index (χ2n) is 4.82. The summed E-state index contributed by atoms with van der Waals surface area (Å²) in [6, 6.07) is 6.78. The van der Waals surface area contributed by atoms with Crippen molar-refractivity contribution in [1.82, 2.24) is 0 Å². The smallest absolute Gasteiger partial charge is 0.0310 e. The fourth-order valence-corrected chi connectivity index (χ4v) is 2.53. The highest BCUT2D eigenvalue weighted by Crippen LogP contribution is 2.18. The zero-order valence-electron chi connectivity index (χ0n) is 10.2. The van der Waals surface area contributed by atoms with Crippen molar-refractivity contribution < 1.29 is 0 Å². The topological polar surface area (TPSA) is 0 Å². The van der Waals surface area contributed by atoms with Crippen molar-refractivity contribution >= 4 is 11.6 Å². The molecule has 0 N–H and O–H groups in total. The van der Waals surface area contributed by atoms with Gasteiger partial charge in [0.25, 0.3) is 0 Å². The van der Waals surface area contributed by atoms with Crippen molar-refractivity contribution in [2.75, 3.05) is 0 Å². The van der Waals surface area contributed by atoms with Gasteiger partial charge in [0.1, 0.15) is 0 Å². The Morgan fingerprint density at radius 2 is 1.60 bits per heavy atom. The summed E-state index contributed by atoms with van der Waals surface area (Å²) >= 11 is 6.00. The van der Waals surface area contributed by atoms with Crippen LogP contribution in [0.2, 0.25) is 0 Å². The lowest BCUT2D eigenvalue weighted by molar-refractivity contribution is 0.526. The van der Waals surface area contributed by atoms with E-state index in [-0.39, 0.29) is 5.38 Å². The summed E-state index contributed by atoms with van der Waals surface area (Å²) in [4.78, 5) is 0. The van der Waals surface area contributed by atoms with E-state index in [1.165, 1.54) is 16.7 Å². The second-order valence-corrected chi connectivity index (χ2v) is 5.57. The van der Waals surface area contributed by atoms with E-state index in [1.54, 1.807) is 0 Å². The molecule has 1 aromatic carbocycles. The molecule has 0 saturated carbocycles. The maximum Gasteiger partial charge on any atom is 0.0310 e. The van der Waals surface area contributed by atoms with Gasteiger partial charge in [-0.1, -0.05) is 36.2 Å². The van der Waals surface area contributed by atoms with Gasteiger partial charge >= 0.3 is 0 Å². The third-order valence-electron chi connectivity index (χ3n) is 2.59. The number of rotatable bonds is 4. The maximum absolute atomic E-state index is 6.00. The first kappa shape index (κ1) is 12.6. The second kappa shape index (κ2) is 5.55. The van der Waals surface area contributed by atoms with E-state index in [0.717, 1.165) is 12.8 Å². The average Bonchev–Trinajstić information content (AvgIpc) is 1.98. The van der Waals surface area contributed by atoms with Crippen molar-refractivity contribution in [2.24, 2.45) is 5.92 Å². The molecule has 0 amide bonds. The van der Waals surface area contributed by atoms with E-state index in [4.69, 9.17) is 11.6 Å². The first-order chi connectivity index (χ1) is 6.97. The van der Waals surface area contributed by atoms with Crippen molar-refractivity contribution in [1.29, 1.82) is 0 Å². The quantitative estimate of drug-likeness (QED) is 0.661. The van der Waals surface area contributed by atoms with Gasteiger partial charge in [-0.05, 0) is 45.1 Å². The van der Waals surface area contributed by atoms with E-state index in [0.29, 0.717) is 5.92 Å². The Morgan fingerprint density at radius 3 is 2.07 bits per heavy atom. The summed E-state index contributed by atoms with van der Waals surface area (Å²) in [5.74, 6) is 0.665. The molecule has 0 aliphatic heterocycles. The monoisotopic (exact) mass is 224 g/mol. The molecule has 1 heteroatoms. The maximum atomic E-state index is 6.00. The van der Waals surface area contributed by atoms with Crippen LogP contribution in [-0.2, 0) is 6.42 Å². The molecule has 0 saturated heterocycles. The van der Waals surface area contributed by atoms with Gasteiger partial charge in [0, 0.05) is 5.38 Å². The summed E-state index contributed by atoms with van der Waals surface area (Å²) in [6.07, 6.45) is 2.23. The molecule has 15 heavy (non-hydrogen) atoms. The summed E-state index contributed by atoms with van der Waals surface area (Å²) in [5, 5.41) is 0.283. The van der Waals surface area contributed by atoms with Crippen LogP contribution in [0, 0.1) is 19.8 Å². The standard InChI is InChI=1S/C14H21Cl/c1-10-5-11(2)8-14(7-10)9-12(3)6-13(4)15/h5,7-8,12-13H,6,9H2,1-4H3. The van der Waals surface area contributed by atoms with Crippen molar-refractivity contribution in [3.8, 4) is 0 Å². The molecule has 2 atom stereocenters. The molecule has 0 bridgehead atoms. The Morgan fingerprint density at radius 1 is 1.07 bits per heavy atom. The molecule has 0 spiro atoms. The number of aryl methyl sites for hydroxylation is 2. The first-order valence-electron chi connectivity index (χ1n) is 5.68.